The molecule has 0 amide bonds. The Morgan fingerprint density at radius 1 is 1.43 bits per heavy atom. The number of hydrogen-bond donors (Lipinski definition) is 0. The summed E-state index contributed by atoms with van der Waals surface area (Å²) in [6.07, 6.45) is 0. The molecule has 0 N–H and O–H groups in total. The van der Waals surface area contributed by atoms with Gasteiger partial charge in [0.2, 0.25) is 0 Å². The predicted octanol–water partition coefficient (Wildman–Crippen LogP) is 1.07. The van der Waals surface area contributed by atoms with Crippen LogP contribution in [0.2, 0.25) is 0 Å². The van der Waals surface area contributed by atoms with Crippen LogP contribution in [0.25, 0.3) is 0 Å². The second kappa shape index (κ2) is 3.03. The van der Waals surface area contributed by atoms with Crippen molar-refractivity contribution in [1.29, 1.82) is 0 Å². The summed E-state index contributed by atoms with van der Waals surface area (Å²) in [5, 5.41) is 9.18. The Kier molecular flexibility index (Phi) is 1.92. The average molecular weight is 258 g/mol. The van der Waals surface area contributed by atoms with Crippen LogP contribution in [0.5, 0.6) is 0 Å². The molecule has 2 fully saturated rings. The summed E-state index contributed by atoms with van der Waals surface area (Å²) in [7, 11) is 2.04. The first kappa shape index (κ1) is 8.85. The molecular weight excluding hydrogens is 246 g/mol. The molecule has 0 aromatic carbocycles. The van der Waals surface area contributed by atoms with Gasteiger partial charge in [0.1, 0.15) is 11.6 Å². The van der Waals surface area contributed by atoms with Gasteiger partial charge in [-0.1, -0.05) is 15.9 Å². The Bertz CT molecular complexity index is 355. The summed E-state index contributed by atoms with van der Waals surface area (Å²) in [5.74, 6) is 4.17. The minimum Gasteiger partial charge on any atom is -0.381 e. The second-order valence-corrected chi connectivity index (χ2v) is 4.62. The van der Waals surface area contributed by atoms with Crippen molar-refractivity contribution in [1.82, 2.24) is 14.8 Å². The van der Waals surface area contributed by atoms with Gasteiger partial charge in [-0.2, -0.15) is 0 Å². The standard InChI is InChI=1S/C9H12BrN3O/c1-13-7(2-10)11-12-9(13)8-5-3-14-4-6(5)8/h5-6,8H,2-4H2,1H3. The van der Waals surface area contributed by atoms with Gasteiger partial charge >= 0.3 is 0 Å². The first-order valence-corrected chi connectivity index (χ1v) is 5.97. The van der Waals surface area contributed by atoms with E-state index in [4.69, 9.17) is 4.74 Å². The van der Waals surface area contributed by atoms with E-state index in [-0.39, 0.29) is 0 Å². The van der Waals surface area contributed by atoms with E-state index in [2.05, 4.69) is 30.7 Å². The number of alkyl halides is 1. The van der Waals surface area contributed by atoms with Crippen LogP contribution in [0.1, 0.15) is 17.6 Å². The molecule has 0 spiro atoms. The van der Waals surface area contributed by atoms with Crippen molar-refractivity contribution in [3.05, 3.63) is 11.6 Å². The van der Waals surface area contributed by atoms with Crippen molar-refractivity contribution in [2.75, 3.05) is 13.2 Å². The second-order valence-electron chi connectivity index (χ2n) is 4.06. The quantitative estimate of drug-likeness (QED) is 0.745. The number of ether oxygens (including phenoxy) is 1. The van der Waals surface area contributed by atoms with Crippen LogP contribution in [-0.4, -0.2) is 28.0 Å². The van der Waals surface area contributed by atoms with Gasteiger partial charge < -0.3 is 9.30 Å². The first-order valence-electron chi connectivity index (χ1n) is 4.84. The van der Waals surface area contributed by atoms with Crippen molar-refractivity contribution in [3.63, 3.8) is 0 Å². The zero-order valence-corrected chi connectivity index (χ0v) is 9.57. The number of hydrogen-bond acceptors (Lipinski definition) is 3. The number of rotatable bonds is 2. The van der Waals surface area contributed by atoms with Crippen LogP contribution < -0.4 is 0 Å². The van der Waals surface area contributed by atoms with E-state index in [1.807, 2.05) is 7.05 Å². The normalized spacial score (nSPS) is 34.6. The van der Waals surface area contributed by atoms with Gasteiger partial charge in [0, 0.05) is 13.0 Å². The van der Waals surface area contributed by atoms with Gasteiger partial charge in [0.15, 0.2) is 0 Å². The molecule has 1 aromatic rings. The van der Waals surface area contributed by atoms with Gasteiger partial charge in [0.25, 0.3) is 0 Å². The fourth-order valence-electron chi connectivity index (χ4n) is 2.40. The summed E-state index contributed by atoms with van der Waals surface area (Å²) in [5.41, 5.74) is 0. The highest BCUT2D eigenvalue weighted by molar-refractivity contribution is 9.08. The van der Waals surface area contributed by atoms with E-state index >= 15 is 0 Å². The minimum absolute atomic E-state index is 0.606. The van der Waals surface area contributed by atoms with E-state index in [0.29, 0.717) is 17.8 Å². The molecule has 0 radical (unpaired) electrons. The Morgan fingerprint density at radius 3 is 2.71 bits per heavy atom. The molecule has 2 heterocycles. The van der Waals surface area contributed by atoms with Gasteiger partial charge in [-0.25, -0.2) is 0 Å². The summed E-state index contributed by atoms with van der Waals surface area (Å²) in [6, 6.07) is 0. The maximum atomic E-state index is 5.36. The summed E-state index contributed by atoms with van der Waals surface area (Å²) < 4.78 is 7.47. The lowest BCUT2D eigenvalue weighted by Crippen LogP contribution is -2.04. The van der Waals surface area contributed by atoms with Crippen molar-refractivity contribution in [2.24, 2.45) is 18.9 Å². The monoisotopic (exact) mass is 257 g/mol. The maximum Gasteiger partial charge on any atom is 0.143 e. The van der Waals surface area contributed by atoms with Gasteiger partial charge in [-0.15, -0.1) is 10.2 Å². The van der Waals surface area contributed by atoms with E-state index < -0.39 is 0 Å². The minimum atomic E-state index is 0.606. The highest BCUT2D eigenvalue weighted by atomic mass is 79.9. The zero-order chi connectivity index (χ0) is 9.71. The third-order valence-corrected chi connectivity index (χ3v) is 3.87. The molecule has 0 bridgehead atoms. The Hall–Kier alpha value is -0.420. The molecule has 2 aliphatic rings. The van der Waals surface area contributed by atoms with Crippen LogP contribution in [-0.2, 0) is 17.1 Å². The van der Waals surface area contributed by atoms with E-state index in [1.54, 1.807) is 0 Å². The highest BCUT2D eigenvalue weighted by Crippen LogP contribution is 2.56. The SMILES string of the molecule is Cn1c(CBr)nnc1C1C2COCC21. The fourth-order valence-corrected chi connectivity index (χ4v) is 2.89. The largest absolute Gasteiger partial charge is 0.381 e. The molecule has 1 aromatic heterocycles. The van der Waals surface area contributed by atoms with Crippen molar-refractivity contribution in [2.45, 2.75) is 11.2 Å². The predicted molar refractivity (Wildman–Crippen MR) is 54.2 cm³/mol. The van der Waals surface area contributed by atoms with E-state index in [0.717, 1.165) is 30.2 Å². The van der Waals surface area contributed by atoms with Crippen LogP contribution in [0.4, 0.5) is 0 Å². The number of nitrogens with zero attached hydrogens (tertiary/aromatic N) is 3. The van der Waals surface area contributed by atoms with Crippen molar-refractivity contribution in [3.8, 4) is 0 Å². The van der Waals surface area contributed by atoms with Crippen molar-refractivity contribution >= 4 is 15.9 Å². The molecular formula is C9H12BrN3O. The topological polar surface area (TPSA) is 39.9 Å². The molecule has 76 valence electrons. The van der Waals surface area contributed by atoms with Gasteiger partial charge in [-0.3, -0.25) is 0 Å². The van der Waals surface area contributed by atoms with Gasteiger partial charge in [-0.05, 0) is 11.8 Å². The summed E-state index contributed by atoms with van der Waals surface area (Å²) in [6.45, 7) is 1.82. The lowest BCUT2D eigenvalue weighted by Gasteiger charge is -2.04. The molecule has 1 aliphatic carbocycles. The highest BCUT2D eigenvalue weighted by Gasteiger charge is 2.56. The molecule has 1 aliphatic heterocycles. The molecule has 4 nitrogen and oxygen atoms in total. The fraction of sp³-hybridized carbons (Fsp3) is 0.778. The summed E-state index contributed by atoms with van der Waals surface area (Å²) in [4.78, 5) is 0. The molecule has 3 rings (SSSR count). The smallest absolute Gasteiger partial charge is 0.143 e. The molecule has 1 saturated heterocycles. The van der Waals surface area contributed by atoms with Gasteiger partial charge in [0.05, 0.1) is 18.5 Å². The van der Waals surface area contributed by atoms with Crippen LogP contribution in [0.3, 0.4) is 0 Å². The molecule has 2 unspecified atom stereocenters. The number of fused-ring (bicyclic) bond motifs is 1. The molecule has 5 heteroatoms. The Labute approximate surface area is 90.8 Å². The Morgan fingerprint density at radius 2 is 2.14 bits per heavy atom. The lowest BCUT2D eigenvalue weighted by molar-refractivity contribution is 0.159. The van der Waals surface area contributed by atoms with E-state index in [1.165, 1.54) is 0 Å². The molecule has 1 saturated carbocycles. The van der Waals surface area contributed by atoms with Crippen LogP contribution in [0.15, 0.2) is 0 Å². The van der Waals surface area contributed by atoms with Crippen LogP contribution >= 0.6 is 15.9 Å². The summed E-state index contributed by atoms with van der Waals surface area (Å²) >= 11 is 3.40. The first-order chi connectivity index (χ1) is 6.83. The van der Waals surface area contributed by atoms with Crippen molar-refractivity contribution < 1.29 is 4.74 Å². The maximum absolute atomic E-state index is 5.36. The third-order valence-electron chi connectivity index (χ3n) is 3.37. The average Bonchev–Trinajstić information content (AvgIpc) is 2.62. The number of halogens is 1. The molecule has 2 atom stereocenters. The van der Waals surface area contributed by atoms with E-state index in [9.17, 15) is 0 Å². The zero-order valence-electron chi connectivity index (χ0n) is 7.98. The Balaban J connectivity index is 1.87. The lowest BCUT2D eigenvalue weighted by atomic mass is 10.3. The third kappa shape index (κ3) is 1.08. The molecule has 14 heavy (non-hydrogen) atoms. The number of aromatic nitrogens is 3. The van der Waals surface area contributed by atoms with Crippen LogP contribution in [0, 0.1) is 11.8 Å².